The number of hydrogen-bond donors (Lipinski definition) is 2. The van der Waals surface area contributed by atoms with Gasteiger partial charge >= 0.3 is 5.69 Å². The minimum absolute atomic E-state index is 0.108. The maximum absolute atomic E-state index is 12.1. The molecule has 0 aliphatic heterocycles. The number of imidazole rings is 1. The lowest BCUT2D eigenvalue weighted by atomic mass is 10.2. The second-order valence-electron chi connectivity index (χ2n) is 5.98. The molecule has 0 aliphatic rings. The maximum atomic E-state index is 12.1. The molecule has 1 aromatic carbocycles. The van der Waals surface area contributed by atoms with Crippen molar-refractivity contribution < 1.29 is 8.42 Å². The van der Waals surface area contributed by atoms with E-state index in [1.807, 2.05) is 6.07 Å². The molecule has 0 saturated carbocycles. The van der Waals surface area contributed by atoms with E-state index in [-0.39, 0.29) is 29.9 Å². The number of hydrogen-bond acceptors (Lipinski definition) is 5. The van der Waals surface area contributed by atoms with Crippen LogP contribution < -0.4 is 16.0 Å². The average Bonchev–Trinajstić information content (AvgIpc) is 3.03. The molecule has 9 nitrogen and oxygen atoms in total. The van der Waals surface area contributed by atoms with Crippen LogP contribution in [-0.2, 0) is 36.3 Å². The SMILES string of the molecule is Cn1c(=O)c2[nH]c(CCNS(=O)(=O)Cc3ccccc3)nc2n(C)c1=O. The molecule has 3 rings (SSSR count). The molecule has 0 saturated heterocycles. The number of aromatic nitrogens is 4. The minimum atomic E-state index is -3.48. The van der Waals surface area contributed by atoms with Gasteiger partial charge < -0.3 is 4.98 Å². The van der Waals surface area contributed by atoms with Crippen LogP contribution in [0.4, 0.5) is 0 Å². The predicted octanol–water partition coefficient (Wildman–Crippen LogP) is -0.378. The minimum Gasteiger partial charge on any atom is -0.336 e. The summed E-state index contributed by atoms with van der Waals surface area (Å²) >= 11 is 0. The van der Waals surface area contributed by atoms with Gasteiger partial charge in [0, 0.05) is 27.1 Å². The van der Waals surface area contributed by atoms with Crippen molar-refractivity contribution in [3.05, 3.63) is 62.6 Å². The first-order valence-electron chi connectivity index (χ1n) is 7.94. The van der Waals surface area contributed by atoms with E-state index < -0.39 is 21.3 Å². The van der Waals surface area contributed by atoms with Crippen LogP contribution >= 0.6 is 0 Å². The van der Waals surface area contributed by atoms with Crippen molar-refractivity contribution in [2.24, 2.45) is 14.1 Å². The van der Waals surface area contributed by atoms with Gasteiger partial charge in [-0.25, -0.2) is 22.9 Å². The van der Waals surface area contributed by atoms with Crippen molar-refractivity contribution in [2.45, 2.75) is 12.2 Å². The Morgan fingerprint density at radius 3 is 2.50 bits per heavy atom. The Kier molecular flexibility index (Phi) is 4.79. The summed E-state index contributed by atoms with van der Waals surface area (Å²) in [6.45, 7) is 0.128. The third-order valence-corrected chi connectivity index (χ3v) is 5.38. The van der Waals surface area contributed by atoms with Crippen molar-refractivity contribution in [3.63, 3.8) is 0 Å². The zero-order valence-electron chi connectivity index (χ0n) is 14.4. The Hall–Kier alpha value is -2.72. The van der Waals surface area contributed by atoms with E-state index in [4.69, 9.17) is 0 Å². The van der Waals surface area contributed by atoms with E-state index in [9.17, 15) is 18.0 Å². The van der Waals surface area contributed by atoms with Gasteiger partial charge in [-0.05, 0) is 5.56 Å². The molecule has 138 valence electrons. The zero-order valence-corrected chi connectivity index (χ0v) is 15.2. The number of fused-ring (bicyclic) bond motifs is 1. The second-order valence-corrected chi connectivity index (χ2v) is 7.78. The number of nitrogens with zero attached hydrogens (tertiary/aromatic N) is 3. The molecule has 0 bridgehead atoms. The molecule has 0 atom stereocenters. The Bertz CT molecular complexity index is 1160. The van der Waals surface area contributed by atoms with E-state index in [0.717, 1.165) is 4.57 Å². The number of H-pyrrole nitrogens is 1. The third-order valence-electron chi connectivity index (χ3n) is 4.03. The van der Waals surface area contributed by atoms with Gasteiger partial charge in [0.05, 0.1) is 5.75 Å². The van der Waals surface area contributed by atoms with Crippen LogP contribution in [-0.4, -0.2) is 34.1 Å². The zero-order chi connectivity index (χ0) is 18.9. The largest absolute Gasteiger partial charge is 0.336 e. The van der Waals surface area contributed by atoms with Crippen LogP contribution in [0.3, 0.4) is 0 Å². The number of aryl methyl sites for hydroxylation is 1. The molecular formula is C16H19N5O4S. The van der Waals surface area contributed by atoms with Gasteiger partial charge in [-0.3, -0.25) is 13.9 Å². The second kappa shape index (κ2) is 6.89. The number of aromatic amines is 1. The summed E-state index contributed by atoms with van der Waals surface area (Å²) in [6.07, 6.45) is 0.264. The molecule has 0 amide bonds. The maximum Gasteiger partial charge on any atom is 0.332 e. The lowest BCUT2D eigenvalue weighted by molar-refractivity contribution is 0.580. The molecule has 0 fully saturated rings. The number of nitrogens with one attached hydrogen (secondary N) is 2. The van der Waals surface area contributed by atoms with Gasteiger partial charge in [-0.15, -0.1) is 0 Å². The molecular weight excluding hydrogens is 358 g/mol. The van der Waals surface area contributed by atoms with E-state index in [2.05, 4.69) is 14.7 Å². The molecule has 26 heavy (non-hydrogen) atoms. The molecule has 0 aliphatic carbocycles. The van der Waals surface area contributed by atoms with Crippen molar-refractivity contribution >= 4 is 21.2 Å². The van der Waals surface area contributed by atoms with Gasteiger partial charge in [0.15, 0.2) is 5.65 Å². The lowest BCUT2D eigenvalue weighted by Crippen LogP contribution is -2.36. The highest BCUT2D eigenvalue weighted by molar-refractivity contribution is 7.88. The standard InChI is InChI=1S/C16H19N5O4S/c1-20-14-13(15(22)21(2)16(20)23)18-12(19-14)8-9-17-26(24,25)10-11-6-4-3-5-7-11/h3-7,17H,8-10H2,1-2H3,(H,18,19). The van der Waals surface area contributed by atoms with Crippen LogP contribution in [0.15, 0.2) is 39.9 Å². The van der Waals surface area contributed by atoms with Crippen LogP contribution in [0.1, 0.15) is 11.4 Å². The highest BCUT2D eigenvalue weighted by Crippen LogP contribution is 2.06. The first kappa shape index (κ1) is 18.1. The fraction of sp³-hybridized carbons (Fsp3) is 0.312. The molecule has 0 unspecified atom stereocenters. The summed E-state index contributed by atoms with van der Waals surface area (Å²) in [5.41, 5.74) is 0.231. The predicted molar refractivity (Wildman–Crippen MR) is 97.3 cm³/mol. The monoisotopic (exact) mass is 377 g/mol. The summed E-state index contributed by atoms with van der Waals surface area (Å²) in [6, 6.07) is 8.88. The number of sulfonamides is 1. The normalized spacial score (nSPS) is 11.9. The van der Waals surface area contributed by atoms with Crippen LogP contribution in [0.25, 0.3) is 11.2 Å². The summed E-state index contributed by atoms with van der Waals surface area (Å²) < 4.78 is 29.0. The summed E-state index contributed by atoms with van der Waals surface area (Å²) in [7, 11) is -0.561. The molecule has 0 spiro atoms. The molecule has 3 aromatic rings. The average molecular weight is 377 g/mol. The van der Waals surface area contributed by atoms with E-state index in [1.165, 1.54) is 18.7 Å². The Balaban J connectivity index is 1.72. The quantitative estimate of drug-likeness (QED) is 0.607. The Labute approximate surface area is 149 Å². The van der Waals surface area contributed by atoms with Crippen LogP contribution in [0.2, 0.25) is 0 Å². The van der Waals surface area contributed by atoms with E-state index in [0.29, 0.717) is 11.4 Å². The molecule has 2 aromatic heterocycles. The molecule has 2 N–H and O–H groups in total. The van der Waals surface area contributed by atoms with E-state index >= 15 is 0 Å². The smallest absolute Gasteiger partial charge is 0.332 e. The van der Waals surface area contributed by atoms with E-state index in [1.54, 1.807) is 24.3 Å². The molecule has 10 heteroatoms. The van der Waals surface area contributed by atoms with Gasteiger partial charge in [0.1, 0.15) is 11.3 Å². The topological polar surface area (TPSA) is 119 Å². The first-order valence-corrected chi connectivity index (χ1v) is 9.59. The van der Waals surface area contributed by atoms with Crippen molar-refractivity contribution in [1.82, 2.24) is 23.8 Å². The Morgan fingerprint density at radius 2 is 1.81 bits per heavy atom. The lowest BCUT2D eigenvalue weighted by Gasteiger charge is -2.05. The fourth-order valence-corrected chi connectivity index (χ4v) is 3.81. The molecule has 2 heterocycles. The summed E-state index contributed by atoms with van der Waals surface area (Å²) in [5, 5.41) is 0. The Morgan fingerprint density at radius 1 is 1.12 bits per heavy atom. The van der Waals surface area contributed by atoms with Crippen LogP contribution in [0, 0.1) is 0 Å². The molecule has 0 radical (unpaired) electrons. The van der Waals surface area contributed by atoms with Crippen molar-refractivity contribution in [2.75, 3.05) is 6.54 Å². The number of benzene rings is 1. The first-order chi connectivity index (χ1) is 12.3. The number of rotatable bonds is 6. The summed E-state index contributed by atoms with van der Waals surface area (Å²) in [4.78, 5) is 31.1. The van der Waals surface area contributed by atoms with Gasteiger partial charge in [0.25, 0.3) is 5.56 Å². The van der Waals surface area contributed by atoms with Crippen molar-refractivity contribution in [3.8, 4) is 0 Å². The van der Waals surface area contributed by atoms with Crippen molar-refractivity contribution in [1.29, 1.82) is 0 Å². The highest BCUT2D eigenvalue weighted by Gasteiger charge is 2.15. The summed E-state index contributed by atoms with van der Waals surface area (Å²) in [5.74, 6) is 0.323. The third kappa shape index (κ3) is 3.60. The van der Waals surface area contributed by atoms with Gasteiger partial charge in [0.2, 0.25) is 10.0 Å². The van der Waals surface area contributed by atoms with Gasteiger partial charge in [-0.1, -0.05) is 30.3 Å². The fourth-order valence-electron chi connectivity index (χ4n) is 2.66. The van der Waals surface area contributed by atoms with Crippen LogP contribution in [0.5, 0.6) is 0 Å². The highest BCUT2D eigenvalue weighted by atomic mass is 32.2. The van der Waals surface area contributed by atoms with Gasteiger partial charge in [-0.2, -0.15) is 0 Å².